The van der Waals surface area contributed by atoms with Crippen molar-refractivity contribution in [2.75, 3.05) is 0 Å². The average Bonchev–Trinajstić information content (AvgIpc) is 2.88. The first-order chi connectivity index (χ1) is 11.3. The summed E-state index contributed by atoms with van der Waals surface area (Å²) in [7, 11) is -2.02. The lowest BCUT2D eigenvalue weighted by Gasteiger charge is -2.45. The minimum Gasteiger partial charge on any atom is -0.399 e. The molecule has 0 bridgehead atoms. The van der Waals surface area contributed by atoms with Crippen molar-refractivity contribution in [2.45, 2.75) is 104 Å². The molecule has 2 heterocycles. The molecule has 0 unspecified atom stereocenters. The van der Waals surface area contributed by atoms with Gasteiger partial charge in [-0.15, -0.1) is 0 Å². The fourth-order valence-corrected chi connectivity index (χ4v) is 11.7. The SMILES string of the molecule is Cc1cc(B2OC(C)(C)C(C)(C)O2)cn1[Si](C(C)C)(C(C)C)C(C)C. The first-order valence-electron chi connectivity index (χ1n) is 9.82. The molecular weight excluding hydrogens is 325 g/mol. The Bertz CT molecular complexity index is 581. The first-order valence-corrected chi connectivity index (χ1v) is 12.0. The second-order valence-electron chi connectivity index (χ2n) is 9.72. The van der Waals surface area contributed by atoms with E-state index in [0.29, 0.717) is 16.6 Å². The molecule has 25 heavy (non-hydrogen) atoms. The number of aryl methyl sites for hydroxylation is 1. The Labute approximate surface area is 156 Å². The summed E-state index contributed by atoms with van der Waals surface area (Å²) in [4.78, 5) is 0. The fourth-order valence-electron chi connectivity index (χ4n) is 4.96. The van der Waals surface area contributed by atoms with Crippen LogP contribution in [0.15, 0.2) is 12.3 Å². The monoisotopic (exact) mass is 363 g/mol. The van der Waals surface area contributed by atoms with Crippen LogP contribution in [0.1, 0.15) is 74.9 Å². The second kappa shape index (κ2) is 6.58. The number of aromatic nitrogens is 1. The minimum atomic E-state index is -1.74. The summed E-state index contributed by atoms with van der Waals surface area (Å²) in [6.45, 7) is 25.1. The summed E-state index contributed by atoms with van der Waals surface area (Å²) in [5.41, 5.74) is 3.92. The number of rotatable bonds is 5. The number of nitrogens with zero attached hydrogens (tertiary/aromatic N) is 1. The topological polar surface area (TPSA) is 23.4 Å². The molecule has 5 heteroatoms. The quantitative estimate of drug-likeness (QED) is 0.678. The van der Waals surface area contributed by atoms with Gasteiger partial charge in [0.25, 0.3) is 0 Å². The molecule has 0 radical (unpaired) electrons. The molecule has 1 fully saturated rings. The Morgan fingerprint density at radius 1 is 0.880 bits per heavy atom. The van der Waals surface area contributed by atoms with Gasteiger partial charge in [0.05, 0.1) is 11.2 Å². The lowest BCUT2D eigenvalue weighted by atomic mass is 9.81. The van der Waals surface area contributed by atoms with Gasteiger partial charge in [-0.05, 0) is 69.0 Å². The highest BCUT2D eigenvalue weighted by Crippen LogP contribution is 2.43. The van der Waals surface area contributed by atoms with Crippen LogP contribution in [0.4, 0.5) is 0 Å². The van der Waals surface area contributed by atoms with E-state index in [2.05, 4.69) is 92.7 Å². The summed E-state index contributed by atoms with van der Waals surface area (Å²) in [6.07, 6.45) is 2.34. The van der Waals surface area contributed by atoms with Crippen molar-refractivity contribution < 1.29 is 9.31 Å². The highest BCUT2D eigenvalue weighted by Gasteiger charge is 2.53. The van der Waals surface area contributed by atoms with Crippen LogP contribution >= 0.6 is 0 Å². The van der Waals surface area contributed by atoms with E-state index in [-0.39, 0.29) is 18.3 Å². The van der Waals surface area contributed by atoms with Gasteiger partial charge in [-0.3, -0.25) is 0 Å². The summed E-state index contributed by atoms with van der Waals surface area (Å²) >= 11 is 0. The van der Waals surface area contributed by atoms with Crippen LogP contribution < -0.4 is 5.46 Å². The van der Waals surface area contributed by atoms with Crippen molar-refractivity contribution in [3.8, 4) is 0 Å². The highest BCUT2D eigenvalue weighted by molar-refractivity contribution is 6.82. The lowest BCUT2D eigenvalue weighted by molar-refractivity contribution is 0.00578. The molecule has 142 valence electrons. The van der Waals surface area contributed by atoms with Crippen LogP contribution in [0.3, 0.4) is 0 Å². The molecule has 1 aliphatic rings. The molecule has 0 saturated carbocycles. The molecule has 1 aromatic rings. The van der Waals surface area contributed by atoms with Gasteiger partial charge in [0.2, 0.25) is 0 Å². The Morgan fingerprint density at radius 3 is 1.64 bits per heavy atom. The van der Waals surface area contributed by atoms with E-state index in [9.17, 15) is 0 Å². The van der Waals surface area contributed by atoms with E-state index in [4.69, 9.17) is 9.31 Å². The Morgan fingerprint density at radius 2 is 1.28 bits per heavy atom. The van der Waals surface area contributed by atoms with Crippen molar-refractivity contribution >= 4 is 20.8 Å². The Kier molecular flexibility index (Phi) is 5.47. The third kappa shape index (κ3) is 3.17. The van der Waals surface area contributed by atoms with Gasteiger partial charge in [0, 0.05) is 5.69 Å². The number of hydrogen-bond acceptors (Lipinski definition) is 2. The molecule has 2 rings (SSSR count). The molecule has 1 aromatic heterocycles. The number of hydrogen-bond donors (Lipinski definition) is 0. The van der Waals surface area contributed by atoms with E-state index in [1.165, 1.54) is 5.69 Å². The molecule has 3 nitrogen and oxygen atoms in total. The highest BCUT2D eigenvalue weighted by atomic mass is 28.3. The molecule has 1 saturated heterocycles. The van der Waals surface area contributed by atoms with Gasteiger partial charge in [-0.25, -0.2) is 0 Å². The van der Waals surface area contributed by atoms with Crippen LogP contribution in [0.2, 0.25) is 16.6 Å². The van der Waals surface area contributed by atoms with Crippen molar-refractivity contribution in [1.82, 2.24) is 4.23 Å². The van der Waals surface area contributed by atoms with E-state index >= 15 is 0 Å². The van der Waals surface area contributed by atoms with Gasteiger partial charge >= 0.3 is 7.12 Å². The van der Waals surface area contributed by atoms with Crippen molar-refractivity contribution in [1.29, 1.82) is 0 Å². The first kappa shape index (κ1) is 20.8. The molecule has 1 aliphatic heterocycles. The molecule has 0 amide bonds. The zero-order chi connectivity index (χ0) is 19.4. The van der Waals surface area contributed by atoms with Gasteiger partial charge in [-0.1, -0.05) is 41.5 Å². The maximum atomic E-state index is 6.29. The summed E-state index contributed by atoms with van der Waals surface area (Å²) in [6, 6.07) is 2.27. The van der Waals surface area contributed by atoms with Gasteiger partial charge in [0.1, 0.15) is 0 Å². The standard InChI is InChI=1S/C20H38BNO2Si/c1-14(2)25(15(3)4,16(5)6)22-13-18(12-17(22)7)21-23-19(8,9)20(10,11)24-21/h12-16H,1-11H3. The third-order valence-electron chi connectivity index (χ3n) is 6.75. The summed E-state index contributed by atoms with van der Waals surface area (Å²) < 4.78 is 15.2. The zero-order valence-electron chi connectivity index (χ0n) is 18.2. The van der Waals surface area contributed by atoms with Crippen LogP contribution in [-0.4, -0.2) is 30.8 Å². The maximum Gasteiger partial charge on any atom is 0.496 e. The largest absolute Gasteiger partial charge is 0.496 e. The predicted molar refractivity (Wildman–Crippen MR) is 111 cm³/mol. The minimum absolute atomic E-state index is 0.275. The van der Waals surface area contributed by atoms with Gasteiger partial charge < -0.3 is 13.5 Å². The van der Waals surface area contributed by atoms with Crippen molar-refractivity contribution in [3.63, 3.8) is 0 Å². The second-order valence-corrected chi connectivity index (χ2v) is 15.4. The fraction of sp³-hybridized carbons (Fsp3) is 0.800. The van der Waals surface area contributed by atoms with Crippen LogP contribution in [0, 0.1) is 6.92 Å². The molecule has 0 aliphatic carbocycles. The van der Waals surface area contributed by atoms with Crippen LogP contribution in [0.25, 0.3) is 0 Å². The van der Waals surface area contributed by atoms with E-state index < -0.39 is 8.24 Å². The van der Waals surface area contributed by atoms with E-state index in [1.807, 2.05) is 0 Å². The smallest absolute Gasteiger partial charge is 0.399 e. The molecule has 0 atom stereocenters. The molecule has 0 spiro atoms. The summed E-state index contributed by atoms with van der Waals surface area (Å²) in [5.74, 6) is 0. The molecule has 0 aromatic carbocycles. The normalized spacial score (nSPS) is 20.3. The van der Waals surface area contributed by atoms with E-state index in [0.717, 1.165) is 5.46 Å². The van der Waals surface area contributed by atoms with Crippen molar-refractivity contribution in [2.24, 2.45) is 0 Å². The maximum absolute atomic E-state index is 6.29. The van der Waals surface area contributed by atoms with E-state index in [1.54, 1.807) is 0 Å². The summed E-state index contributed by atoms with van der Waals surface area (Å²) in [5, 5.41) is 0. The Balaban J connectivity index is 2.50. The van der Waals surface area contributed by atoms with Crippen molar-refractivity contribution in [3.05, 3.63) is 18.0 Å². The van der Waals surface area contributed by atoms with Crippen LogP contribution in [-0.2, 0) is 9.31 Å². The third-order valence-corrected chi connectivity index (χ3v) is 13.6. The van der Waals surface area contributed by atoms with Gasteiger partial charge in [-0.2, -0.15) is 0 Å². The molecule has 0 N–H and O–H groups in total. The predicted octanol–water partition coefficient (Wildman–Crippen LogP) is 5.12. The Hall–Kier alpha value is -0.518. The zero-order valence-corrected chi connectivity index (χ0v) is 19.2. The van der Waals surface area contributed by atoms with Gasteiger partial charge in [0.15, 0.2) is 8.24 Å². The molecular formula is C20H38BNO2Si. The van der Waals surface area contributed by atoms with Crippen LogP contribution in [0.5, 0.6) is 0 Å². The lowest BCUT2D eigenvalue weighted by Crippen LogP contribution is -2.52. The average molecular weight is 363 g/mol.